The van der Waals surface area contributed by atoms with Crippen LogP contribution in [-0.2, 0) is 11.3 Å². The van der Waals surface area contributed by atoms with Crippen molar-refractivity contribution in [1.82, 2.24) is 10.2 Å². The second-order valence-electron chi connectivity index (χ2n) is 6.65. The van der Waals surface area contributed by atoms with Crippen molar-refractivity contribution in [2.24, 2.45) is 5.73 Å². The van der Waals surface area contributed by atoms with Gasteiger partial charge in [0.2, 0.25) is 0 Å². The van der Waals surface area contributed by atoms with Crippen LogP contribution < -0.4 is 11.1 Å². The van der Waals surface area contributed by atoms with Gasteiger partial charge in [0, 0.05) is 26.2 Å². The van der Waals surface area contributed by atoms with Crippen molar-refractivity contribution in [3.63, 3.8) is 0 Å². The number of carbonyl (C=O) groups excluding carboxylic acids is 1. The van der Waals surface area contributed by atoms with Gasteiger partial charge in [0.05, 0.1) is 5.54 Å². The van der Waals surface area contributed by atoms with E-state index >= 15 is 0 Å². The van der Waals surface area contributed by atoms with Gasteiger partial charge < -0.3 is 20.7 Å². The van der Waals surface area contributed by atoms with Gasteiger partial charge in [0.15, 0.2) is 0 Å². The maximum Gasteiger partial charge on any atom is 0.407 e. The Morgan fingerprint density at radius 1 is 1.26 bits per heavy atom. The summed E-state index contributed by atoms with van der Waals surface area (Å²) in [4.78, 5) is 14.5. The summed E-state index contributed by atoms with van der Waals surface area (Å²) in [6, 6.07) is 9.68. The lowest BCUT2D eigenvalue weighted by Gasteiger charge is -2.41. The predicted molar refractivity (Wildman–Crippen MR) is 91.8 cm³/mol. The van der Waals surface area contributed by atoms with E-state index in [0.29, 0.717) is 6.54 Å². The molecular weight excluding hydrogens is 290 g/mol. The van der Waals surface area contributed by atoms with Gasteiger partial charge in [-0.05, 0) is 24.3 Å². The molecule has 1 aliphatic heterocycles. The summed E-state index contributed by atoms with van der Waals surface area (Å²) in [5.74, 6) is 1.40. The fraction of sp³-hybridized carbons (Fsp3) is 0.556. The minimum atomic E-state index is -0.383. The third-order valence-electron chi connectivity index (χ3n) is 4.32. The Kier molecular flexibility index (Phi) is 6.42. The summed E-state index contributed by atoms with van der Waals surface area (Å²) in [7, 11) is 0. The molecule has 1 aliphatic rings. The molecule has 0 atom stereocenters. The lowest BCUT2D eigenvalue weighted by Crippen LogP contribution is -2.59. The number of nitrogens with two attached hydrogens (primary N) is 1. The maximum atomic E-state index is 12.1. The predicted octanol–water partition coefficient (Wildman–Crippen LogP) is 2.32. The minimum absolute atomic E-state index is 0.281. The van der Waals surface area contributed by atoms with Crippen molar-refractivity contribution in [1.29, 1.82) is 0 Å². The van der Waals surface area contributed by atoms with Crippen molar-refractivity contribution in [2.45, 2.75) is 38.8 Å². The standard InChI is InChI=1S/C18H28N3O2/c1-15(2)12-21-10-8-18(14-19,9-11-21)20-17(22)23-13-16-6-4-3-5-7-16/h3-7H,8-14,19H2,1-2H3,(H,20,22). The third-order valence-corrected chi connectivity index (χ3v) is 4.32. The van der Waals surface area contributed by atoms with Crippen LogP contribution in [0.4, 0.5) is 4.79 Å². The molecular formula is C18H28N3O2. The highest BCUT2D eigenvalue weighted by atomic mass is 16.5. The largest absolute Gasteiger partial charge is 0.445 e. The maximum absolute atomic E-state index is 12.1. The number of amides is 1. The summed E-state index contributed by atoms with van der Waals surface area (Å²) < 4.78 is 5.33. The zero-order chi connectivity index (χ0) is 16.7. The van der Waals surface area contributed by atoms with Gasteiger partial charge in [-0.3, -0.25) is 0 Å². The fourth-order valence-corrected chi connectivity index (χ4v) is 2.94. The molecule has 1 radical (unpaired) electrons. The number of alkyl carbamates (subject to hydrolysis) is 1. The van der Waals surface area contributed by atoms with E-state index in [0.717, 1.165) is 38.0 Å². The highest BCUT2D eigenvalue weighted by Crippen LogP contribution is 2.22. The van der Waals surface area contributed by atoms with E-state index in [-0.39, 0.29) is 18.2 Å². The summed E-state index contributed by atoms with van der Waals surface area (Å²) in [5.41, 5.74) is 6.58. The molecule has 5 heteroatoms. The number of ether oxygens (including phenoxy) is 1. The summed E-state index contributed by atoms with van der Waals surface area (Å²) >= 11 is 0. The molecule has 0 aromatic heterocycles. The van der Waals surface area contributed by atoms with Crippen molar-refractivity contribution >= 4 is 6.09 Å². The van der Waals surface area contributed by atoms with Crippen LogP contribution in [0.2, 0.25) is 0 Å². The van der Waals surface area contributed by atoms with Crippen molar-refractivity contribution in [3.8, 4) is 0 Å². The second kappa shape index (κ2) is 8.31. The SMILES string of the molecule is C[C](C)CN1CCC(CN)(NC(=O)OCc2ccccc2)CC1. The van der Waals surface area contributed by atoms with Crippen LogP contribution in [0.15, 0.2) is 30.3 Å². The Morgan fingerprint density at radius 2 is 1.91 bits per heavy atom. The monoisotopic (exact) mass is 318 g/mol. The zero-order valence-corrected chi connectivity index (χ0v) is 14.2. The molecule has 0 aliphatic carbocycles. The number of nitrogens with zero attached hydrogens (tertiary/aromatic N) is 1. The Balaban J connectivity index is 1.81. The van der Waals surface area contributed by atoms with Crippen molar-refractivity contribution < 1.29 is 9.53 Å². The van der Waals surface area contributed by atoms with Crippen LogP contribution in [0.25, 0.3) is 0 Å². The lowest BCUT2D eigenvalue weighted by atomic mass is 9.87. The molecule has 2 rings (SSSR count). The van der Waals surface area contributed by atoms with Crippen LogP contribution in [-0.4, -0.2) is 42.7 Å². The molecule has 0 bridgehead atoms. The van der Waals surface area contributed by atoms with Crippen LogP contribution in [0.3, 0.4) is 0 Å². The van der Waals surface area contributed by atoms with E-state index in [1.165, 1.54) is 5.92 Å². The number of likely N-dealkylation sites (tertiary alicyclic amines) is 1. The quantitative estimate of drug-likeness (QED) is 0.845. The summed E-state index contributed by atoms with van der Waals surface area (Å²) in [5, 5.41) is 3.01. The van der Waals surface area contributed by atoms with E-state index < -0.39 is 0 Å². The van der Waals surface area contributed by atoms with Gasteiger partial charge in [-0.2, -0.15) is 0 Å². The summed E-state index contributed by atoms with van der Waals surface area (Å²) in [6.07, 6.45) is 1.33. The third kappa shape index (κ3) is 5.52. The number of benzene rings is 1. The Morgan fingerprint density at radius 3 is 2.48 bits per heavy atom. The number of hydrogen-bond acceptors (Lipinski definition) is 4. The van der Waals surface area contributed by atoms with E-state index in [1.54, 1.807) is 0 Å². The number of carbonyl (C=O) groups is 1. The molecule has 5 nitrogen and oxygen atoms in total. The number of hydrogen-bond donors (Lipinski definition) is 2. The molecule has 1 heterocycles. The van der Waals surface area contributed by atoms with E-state index in [1.807, 2.05) is 30.3 Å². The first-order chi connectivity index (χ1) is 11.0. The first kappa shape index (κ1) is 17.8. The molecule has 0 unspecified atom stereocenters. The van der Waals surface area contributed by atoms with Crippen LogP contribution in [0, 0.1) is 5.92 Å². The highest BCUT2D eigenvalue weighted by Gasteiger charge is 2.35. The van der Waals surface area contributed by atoms with Crippen molar-refractivity contribution in [3.05, 3.63) is 41.8 Å². The fourth-order valence-electron chi connectivity index (χ4n) is 2.94. The topological polar surface area (TPSA) is 67.6 Å². The first-order valence-electron chi connectivity index (χ1n) is 8.23. The Labute approximate surface area is 139 Å². The first-order valence-corrected chi connectivity index (χ1v) is 8.23. The van der Waals surface area contributed by atoms with Gasteiger partial charge in [0.1, 0.15) is 6.61 Å². The van der Waals surface area contributed by atoms with Gasteiger partial charge in [-0.1, -0.05) is 44.2 Å². The summed E-state index contributed by atoms with van der Waals surface area (Å²) in [6.45, 7) is 7.91. The average Bonchev–Trinajstić information content (AvgIpc) is 2.55. The van der Waals surface area contributed by atoms with Gasteiger partial charge in [-0.25, -0.2) is 4.79 Å². The molecule has 1 fully saturated rings. The minimum Gasteiger partial charge on any atom is -0.445 e. The molecule has 0 saturated carbocycles. The van der Waals surface area contributed by atoms with Crippen molar-refractivity contribution in [2.75, 3.05) is 26.2 Å². The highest BCUT2D eigenvalue weighted by molar-refractivity contribution is 5.68. The van der Waals surface area contributed by atoms with Gasteiger partial charge in [0.25, 0.3) is 0 Å². The van der Waals surface area contributed by atoms with Crippen LogP contribution >= 0.6 is 0 Å². The van der Waals surface area contributed by atoms with Crippen LogP contribution in [0.5, 0.6) is 0 Å². The molecule has 0 spiro atoms. The van der Waals surface area contributed by atoms with E-state index in [2.05, 4.69) is 24.1 Å². The van der Waals surface area contributed by atoms with Crippen LogP contribution in [0.1, 0.15) is 32.3 Å². The lowest BCUT2D eigenvalue weighted by molar-refractivity contribution is 0.103. The smallest absolute Gasteiger partial charge is 0.407 e. The Bertz CT molecular complexity index is 482. The molecule has 3 N–H and O–H groups in total. The molecule has 1 aromatic rings. The zero-order valence-electron chi connectivity index (χ0n) is 14.2. The second-order valence-corrected chi connectivity index (χ2v) is 6.65. The van der Waals surface area contributed by atoms with Gasteiger partial charge >= 0.3 is 6.09 Å². The Hall–Kier alpha value is -1.59. The molecule has 23 heavy (non-hydrogen) atoms. The molecule has 1 aromatic carbocycles. The molecule has 1 amide bonds. The number of piperidine rings is 1. The van der Waals surface area contributed by atoms with E-state index in [9.17, 15) is 4.79 Å². The number of rotatable bonds is 6. The molecule has 127 valence electrons. The number of nitrogens with one attached hydrogen (secondary N) is 1. The van der Waals surface area contributed by atoms with E-state index in [4.69, 9.17) is 10.5 Å². The normalized spacial score (nSPS) is 17.9. The molecule has 1 saturated heterocycles. The average molecular weight is 318 g/mol. The van der Waals surface area contributed by atoms with Gasteiger partial charge in [-0.15, -0.1) is 0 Å².